The average Bonchev–Trinajstić information content (AvgIpc) is 3.91. The molecule has 12 rings (SSSR count). The Morgan fingerprint density at radius 3 is 1.48 bits per heavy atom. The molecular formula is C57H36N4S. The summed E-state index contributed by atoms with van der Waals surface area (Å²) in [6, 6.07) is 77.5. The minimum atomic E-state index is 0.606. The summed E-state index contributed by atoms with van der Waals surface area (Å²) in [5, 5.41) is 5.08. The minimum absolute atomic E-state index is 0.606. The SMILES string of the molecule is c1ccc(-c2cccc(-c3cc(-c4nc(-c5ccccc5)nc(-c5cccc(-c6ccccc6)c5)n4)cc(-n4c5ccccc5c5c6sc7ccccc7c6ccc54)c3)c2)cc1. The van der Waals surface area contributed by atoms with Gasteiger partial charge in [-0.25, -0.2) is 15.0 Å². The lowest BCUT2D eigenvalue weighted by Crippen LogP contribution is -2.02. The van der Waals surface area contributed by atoms with Gasteiger partial charge in [-0.1, -0.05) is 170 Å². The van der Waals surface area contributed by atoms with Crippen molar-refractivity contribution in [3.8, 4) is 73.2 Å². The van der Waals surface area contributed by atoms with Gasteiger partial charge in [0.1, 0.15) is 0 Å². The number of para-hydroxylation sites is 1. The Hall–Kier alpha value is -7.99. The highest BCUT2D eigenvalue weighted by molar-refractivity contribution is 7.26. The van der Waals surface area contributed by atoms with Gasteiger partial charge in [0.05, 0.1) is 11.0 Å². The van der Waals surface area contributed by atoms with Crippen LogP contribution >= 0.6 is 11.3 Å². The van der Waals surface area contributed by atoms with E-state index in [1.165, 1.54) is 36.5 Å². The predicted molar refractivity (Wildman–Crippen MR) is 260 cm³/mol. The second-order valence-corrected chi connectivity index (χ2v) is 16.7. The number of hydrogen-bond acceptors (Lipinski definition) is 4. The smallest absolute Gasteiger partial charge is 0.164 e. The highest BCUT2D eigenvalue weighted by atomic mass is 32.1. The summed E-state index contributed by atoms with van der Waals surface area (Å²) in [5.41, 5.74) is 12.8. The molecule has 3 heterocycles. The molecule has 0 amide bonds. The van der Waals surface area contributed by atoms with Gasteiger partial charge in [-0.05, 0) is 81.9 Å². The zero-order valence-corrected chi connectivity index (χ0v) is 34.3. The van der Waals surface area contributed by atoms with E-state index in [4.69, 9.17) is 15.0 Å². The first kappa shape index (κ1) is 35.9. The maximum Gasteiger partial charge on any atom is 0.164 e. The Kier molecular flexibility index (Phi) is 8.65. The molecule has 62 heavy (non-hydrogen) atoms. The summed E-state index contributed by atoms with van der Waals surface area (Å²) in [4.78, 5) is 15.7. The first-order valence-corrected chi connectivity index (χ1v) is 21.7. The largest absolute Gasteiger partial charge is 0.309 e. The quantitative estimate of drug-likeness (QED) is 0.161. The molecule has 5 heteroatoms. The van der Waals surface area contributed by atoms with Crippen LogP contribution in [0.25, 0.3) is 115 Å². The lowest BCUT2D eigenvalue weighted by molar-refractivity contribution is 1.07. The maximum atomic E-state index is 5.32. The summed E-state index contributed by atoms with van der Waals surface area (Å²) in [6.07, 6.45) is 0. The summed E-state index contributed by atoms with van der Waals surface area (Å²) in [7, 11) is 0. The van der Waals surface area contributed by atoms with E-state index in [-0.39, 0.29) is 0 Å². The monoisotopic (exact) mass is 808 g/mol. The topological polar surface area (TPSA) is 43.6 Å². The zero-order valence-electron chi connectivity index (χ0n) is 33.5. The van der Waals surface area contributed by atoms with Crippen LogP contribution in [0.5, 0.6) is 0 Å². The van der Waals surface area contributed by atoms with Crippen molar-refractivity contribution in [2.24, 2.45) is 0 Å². The van der Waals surface area contributed by atoms with E-state index in [1.54, 1.807) is 0 Å². The third kappa shape index (κ3) is 6.26. The van der Waals surface area contributed by atoms with Gasteiger partial charge < -0.3 is 4.57 Å². The van der Waals surface area contributed by atoms with Crippen molar-refractivity contribution in [2.45, 2.75) is 0 Å². The van der Waals surface area contributed by atoms with Crippen LogP contribution in [-0.4, -0.2) is 19.5 Å². The standard InChI is InChI=1S/C57H36N4S/c1-4-16-37(17-5-1)40-22-14-24-42(32-40)44-34-45(57-59-55(39-20-8-3-9-21-39)58-56(60-57)43-25-15-23-41(33-43)38-18-6-2-7-19-38)36-46(35-44)61-50-28-12-10-27-49(50)53-51(61)31-30-48-47-26-11-13-29-52(47)62-54(48)53/h1-36H. The molecular weight excluding hydrogens is 773 g/mol. The number of hydrogen-bond donors (Lipinski definition) is 0. The van der Waals surface area contributed by atoms with E-state index in [0.717, 1.165) is 61.2 Å². The van der Waals surface area contributed by atoms with Crippen LogP contribution in [-0.2, 0) is 0 Å². The van der Waals surface area contributed by atoms with Crippen LogP contribution in [0.2, 0.25) is 0 Å². The molecule has 12 aromatic rings. The van der Waals surface area contributed by atoms with E-state index in [0.29, 0.717) is 17.5 Å². The average molecular weight is 809 g/mol. The van der Waals surface area contributed by atoms with Gasteiger partial charge in [0.2, 0.25) is 0 Å². The van der Waals surface area contributed by atoms with E-state index >= 15 is 0 Å². The van der Waals surface area contributed by atoms with Gasteiger partial charge in [-0.2, -0.15) is 0 Å². The highest BCUT2D eigenvalue weighted by Gasteiger charge is 2.20. The van der Waals surface area contributed by atoms with Crippen LogP contribution in [0.15, 0.2) is 218 Å². The lowest BCUT2D eigenvalue weighted by Gasteiger charge is -2.15. The van der Waals surface area contributed by atoms with Crippen molar-refractivity contribution >= 4 is 53.3 Å². The number of rotatable bonds is 7. The third-order valence-corrected chi connectivity index (χ3v) is 13.0. The minimum Gasteiger partial charge on any atom is -0.309 e. The van der Waals surface area contributed by atoms with Crippen molar-refractivity contribution in [3.05, 3.63) is 218 Å². The van der Waals surface area contributed by atoms with Crippen molar-refractivity contribution in [1.29, 1.82) is 0 Å². The first-order chi connectivity index (χ1) is 30.7. The van der Waals surface area contributed by atoms with E-state index in [1.807, 2.05) is 35.6 Å². The number of thiophene rings is 1. The van der Waals surface area contributed by atoms with Crippen molar-refractivity contribution < 1.29 is 0 Å². The van der Waals surface area contributed by atoms with Crippen LogP contribution in [0.3, 0.4) is 0 Å². The van der Waals surface area contributed by atoms with Crippen LogP contribution in [0, 0.1) is 0 Å². The number of nitrogens with zero attached hydrogens (tertiary/aromatic N) is 4. The van der Waals surface area contributed by atoms with E-state index in [2.05, 4.69) is 199 Å². The molecule has 0 atom stereocenters. The first-order valence-electron chi connectivity index (χ1n) is 20.8. The fourth-order valence-corrected chi connectivity index (χ4v) is 10.1. The summed E-state index contributed by atoms with van der Waals surface area (Å²) in [5.74, 6) is 1.85. The van der Waals surface area contributed by atoms with E-state index in [9.17, 15) is 0 Å². The molecule has 0 unspecified atom stereocenters. The third-order valence-electron chi connectivity index (χ3n) is 11.8. The molecule has 9 aromatic carbocycles. The van der Waals surface area contributed by atoms with Crippen LogP contribution in [0.4, 0.5) is 0 Å². The fraction of sp³-hybridized carbons (Fsp3) is 0. The lowest BCUT2D eigenvalue weighted by atomic mass is 9.97. The van der Waals surface area contributed by atoms with Gasteiger partial charge in [0.25, 0.3) is 0 Å². The molecule has 0 aliphatic carbocycles. The Balaban J connectivity index is 1.12. The summed E-state index contributed by atoms with van der Waals surface area (Å²) >= 11 is 1.87. The van der Waals surface area contributed by atoms with Gasteiger partial charge in [0, 0.05) is 53.3 Å². The summed E-state index contributed by atoms with van der Waals surface area (Å²) in [6.45, 7) is 0. The molecule has 0 bridgehead atoms. The predicted octanol–water partition coefficient (Wildman–Crippen LogP) is 15.3. The number of benzene rings is 9. The van der Waals surface area contributed by atoms with Crippen molar-refractivity contribution in [1.82, 2.24) is 19.5 Å². The van der Waals surface area contributed by atoms with Gasteiger partial charge in [-0.15, -0.1) is 11.3 Å². The van der Waals surface area contributed by atoms with Crippen molar-refractivity contribution in [3.63, 3.8) is 0 Å². The zero-order chi connectivity index (χ0) is 41.0. The molecule has 3 aromatic heterocycles. The molecule has 4 nitrogen and oxygen atoms in total. The molecule has 0 saturated carbocycles. The fourth-order valence-electron chi connectivity index (χ4n) is 8.88. The Morgan fingerprint density at radius 1 is 0.306 bits per heavy atom. The molecule has 0 radical (unpaired) electrons. The molecule has 0 fully saturated rings. The maximum absolute atomic E-state index is 5.32. The number of aromatic nitrogens is 4. The molecule has 0 N–H and O–H groups in total. The molecule has 0 saturated heterocycles. The van der Waals surface area contributed by atoms with Gasteiger partial charge >= 0.3 is 0 Å². The highest BCUT2D eigenvalue weighted by Crippen LogP contribution is 2.44. The molecule has 0 aliphatic rings. The van der Waals surface area contributed by atoms with Gasteiger partial charge in [0.15, 0.2) is 17.5 Å². The van der Waals surface area contributed by atoms with Crippen LogP contribution < -0.4 is 0 Å². The van der Waals surface area contributed by atoms with Crippen molar-refractivity contribution in [2.75, 3.05) is 0 Å². The Bertz CT molecular complexity index is 3630. The Labute approximate surface area is 362 Å². The van der Waals surface area contributed by atoms with E-state index < -0.39 is 0 Å². The Morgan fingerprint density at radius 2 is 0.790 bits per heavy atom. The summed E-state index contributed by atoms with van der Waals surface area (Å²) < 4.78 is 5.02. The van der Waals surface area contributed by atoms with Gasteiger partial charge in [-0.3, -0.25) is 0 Å². The van der Waals surface area contributed by atoms with Crippen LogP contribution in [0.1, 0.15) is 0 Å². The molecule has 0 spiro atoms. The number of fused-ring (bicyclic) bond motifs is 7. The molecule has 290 valence electrons. The second kappa shape index (κ2) is 14.9. The molecule has 0 aliphatic heterocycles. The normalized spacial score (nSPS) is 11.5. The second-order valence-electron chi connectivity index (χ2n) is 15.6.